The summed E-state index contributed by atoms with van der Waals surface area (Å²) in [6.07, 6.45) is 4.11. The maximum absolute atomic E-state index is 10.3. The lowest BCUT2D eigenvalue weighted by Crippen LogP contribution is -2.56. The van der Waals surface area contributed by atoms with Crippen molar-refractivity contribution >= 4 is 5.69 Å². The highest BCUT2D eigenvalue weighted by atomic mass is 16.3. The summed E-state index contributed by atoms with van der Waals surface area (Å²) >= 11 is 0. The molecular formula is C14H20NO+. The van der Waals surface area contributed by atoms with Crippen LogP contribution in [0.15, 0.2) is 30.3 Å². The molecule has 2 bridgehead atoms. The Hall–Kier alpha value is -0.860. The molecule has 1 aromatic rings. The molecule has 2 heteroatoms. The third-order valence-corrected chi connectivity index (χ3v) is 4.54. The quantitative estimate of drug-likeness (QED) is 0.717. The summed E-state index contributed by atoms with van der Waals surface area (Å²) < 4.78 is 1.10. The van der Waals surface area contributed by atoms with Crippen LogP contribution in [-0.2, 0) is 0 Å². The van der Waals surface area contributed by atoms with E-state index in [1.165, 1.54) is 12.2 Å². The van der Waals surface area contributed by atoms with Crippen molar-refractivity contribution < 1.29 is 5.11 Å². The van der Waals surface area contributed by atoms with E-state index < -0.39 is 0 Å². The summed E-state index contributed by atoms with van der Waals surface area (Å²) in [4.78, 5) is 0. The largest absolute Gasteiger partial charge is 0.389 e. The maximum Gasteiger partial charge on any atom is 0.132 e. The van der Waals surface area contributed by atoms with E-state index in [-0.39, 0.29) is 5.60 Å². The molecule has 3 aliphatic heterocycles. The van der Waals surface area contributed by atoms with Gasteiger partial charge in [0.05, 0.1) is 25.2 Å². The lowest BCUT2D eigenvalue weighted by atomic mass is 9.89. The van der Waals surface area contributed by atoms with Crippen molar-refractivity contribution in [2.24, 2.45) is 0 Å². The van der Waals surface area contributed by atoms with Crippen molar-refractivity contribution in [1.82, 2.24) is 4.48 Å². The number of hydrogen-bond donors (Lipinski definition) is 1. The normalized spacial score (nSPS) is 38.3. The number of hydrogen-bond acceptors (Lipinski definition) is 1. The average Bonchev–Trinajstić information content (AvgIpc) is 2.60. The van der Waals surface area contributed by atoms with Crippen LogP contribution < -0.4 is 4.48 Å². The molecule has 3 fully saturated rings. The third-order valence-electron chi connectivity index (χ3n) is 4.54. The van der Waals surface area contributed by atoms with Gasteiger partial charge in [0.2, 0.25) is 0 Å². The smallest absolute Gasteiger partial charge is 0.132 e. The van der Waals surface area contributed by atoms with E-state index in [1.807, 2.05) is 0 Å². The molecule has 0 aliphatic carbocycles. The van der Waals surface area contributed by atoms with Gasteiger partial charge in [0.15, 0.2) is 0 Å². The second kappa shape index (κ2) is 3.57. The zero-order chi connectivity index (χ0) is 11.1. The Morgan fingerprint density at radius 2 is 1.62 bits per heavy atom. The van der Waals surface area contributed by atoms with E-state index in [0.717, 1.165) is 43.3 Å². The Morgan fingerprint density at radius 3 is 2.31 bits per heavy atom. The Kier molecular flexibility index (Phi) is 2.30. The zero-order valence-corrected chi connectivity index (χ0v) is 9.73. The molecule has 0 radical (unpaired) electrons. The van der Waals surface area contributed by atoms with Crippen LogP contribution in [-0.4, -0.2) is 30.3 Å². The molecule has 0 aromatic heterocycles. The van der Waals surface area contributed by atoms with Gasteiger partial charge >= 0.3 is 0 Å². The van der Waals surface area contributed by atoms with Crippen molar-refractivity contribution in [2.75, 3.05) is 19.6 Å². The molecule has 0 unspecified atom stereocenters. The molecule has 0 amide bonds. The average molecular weight is 218 g/mol. The topological polar surface area (TPSA) is 20.2 Å². The van der Waals surface area contributed by atoms with Crippen LogP contribution in [0.5, 0.6) is 0 Å². The number of piperidine rings is 1. The van der Waals surface area contributed by atoms with Gasteiger partial charge in [-0.25, -0.2) is 0 Å². The van der Waals surface area contributed by atoms with Gasteiger partial charge in [-0.05, 0) is 25.0 Å². The molecule has 16 heavy (non-hydrogen) atoms. The van der Waals surface area contributed by atoms with E-state index in [4.69, 9.17) is 0 Å². The molecule has 4 rings (SSSR count). The summed E-state index contributed by atoms with van der Waals surface area (Å²) in [5, 5.41) is 10.3. The van der Waals surface area contributed by atoms with E-state index in [0.29, 0.717) is 0 Å². The molecule has 3 aliphatic rings. The Balaban J connectivity index is 1.95. The zero-order valence-electron chi connectivity index (χ0n) is 9.73. The highest BCUT2D eigenvalue weighted by molar-refractivity contribution is 5.43. The lowest BCUT2D eigenvalue weighted by Gasteiger charge is -2.42. The van der Waals surface area contributed by atoms with Crippen molar-refractivity contribution in [1.29, 1.82) is 0 Å². The molecule has 0 atom stereocenters. The predicted octanol–water partition coefficient (Wildman–Crippen LogP) is 2.31. The first-order valence-corrected chi connectivity index (χ1v) is 6.37. The van der Waals surface area contributed by atoms with Gasteiger partial charge in [0.25, 0.3) is 0 Å². The lowest BCUT2D eigenvalue weighted by molar-refractivity contribution is -0.00506. The summed E-state index contributed by atoms with van der Waals surface area (Å²) in [5.41, 5.74) is 1.10. The van der Waals surface area contributed by atoms with Crippen molar-refractivity contribution in [3.05, 3.63) is 30.3 Å². The highest BCUT2D eigenvalue weighted by Crippen LogP contribution is 2.38. The fourth-order valence-corrected chi connectivity index (χ4v) is 3.40. The van der Waals surface area contributed by atoms with E-state index in [1.54, 1.807) is 0 Å². The Bertz CT molecular complexity index is 366. The SMILES string of the molecule is OC12CCC[N+](c3ccccc3)(CC1)CC2. The van der Waals surface area contributed by atoms with Gasteiger partial charge in [-0.3, -0.25) is 4.48 Å². The number of rotatable bonds is 1. The first kappa shape index (κ1) is 10.3. The van der Waals surface area contributed by atoms with Gasteiger partial charge in [-0.1, -0.05) is 18.2 Å². The number of aliphatic hydroxyl groups is 1. The monoisotopic (exact) mass is 218 g/mol. The van der Waals surface area contributed by atoms with Crippen LogP contribution in [0.2, 0.25) is 0 Å². The molecular weight excluding hydrogens is 198 g/mol. The van der Waals surface area contributed by atoms with Gasteiger partial charge in [-0.2, -0.15) is 0 Å². The van der Waals surface area contributed by atoms with Crippen LogP contribution in [0, 0.1) is 0 Å². The molecule has 3 heterocycles. The summed E-state index contributed by atoms with van der Waals surface area (Å²) in [5.74, 6) is 0. The fraction of sp³-hybridized carbons (Fsp3) is 0.571. The van der Waals surface area contributed by atoms with Gasteiger partial charge < -0.3 is 5.11 Å². The number of fused-ring (bicyclic) bond motifs is 4. The van der Waals surface area contributed by atoms with Gasteiger partial charge in [0, 0.05) is 12.8 Å². The number of para-hydroxylation sites is 1. The highest BCUT2D eigenvalue weighted by Gasteiger charge is 2.45. The number of nitrogens with zero attached hydrogens (tertiary/aromatic N) is 1. The van der Waals surface area contributed by atoms with Gasteiger partial charge in [0.1, 0.15) is 5.69 Å². The first-order valence-electron chi connectivity index (χ1n) is 6.37. The molecule has 1 aromatic carbocycles. The molecule has 2 nitrogen and oxygen atoms in total. The van der Waals surface area contributed by atoms with Gasteiger partial charge in [-0.15, -0.1) is 0 Å². The fourth-order valence-electron chi connectivity index (χ4n) is 3.40. The van der Waals surface area contributed by atoms with Crippen LogP contribution in [0.3, 0.4) is 0 Å². The Morgan fingerprint density at radius 1 is 0.938 bits per heavy atom. The molecule has 0 spiro atoms. The molecule has 0 saturated carbocycles. The van der Waals surface area contributed by atoms with Crippen molar-refractivity contribution in [2.45, 2.75) is 31.3 Å². The van der Waals surface area contributed by atoms with E-state index in [2.05, 4.69) is 30.3 Å². The predicted molar refractivity (Wildman–Crippen MR) is 66.3 cm³/mol. The van der Waals surface area contributed by atoms with Crippen molar-refractivity contribution in [3.63, 3.8) is 0 Å². The van der Waals surface area contributed by atoms with Crippen LogP contribution in [0.1, 0.15) is 25.7 Å². The minimum absolute atomic E-state index is 0.340. The second-order valence-corrected chi connectivity index (χ2v) is 5.48. The van der Waals surface area contributed by atoms with E-state index in [9.17, 15) is 5.11 Å². The summed E-state index contributed by atoms with van der Waals surface area (Å²) in [7, 11) is 0. The van der Waals surface area contributed by atoms with E-state index >= 15 is 0 Å². The second-order valence-electron chi connectivity index (χ2n) is 5.48. The standard InChI is InChI=1S/C14H20NO/c16-14-7-4-10-15(11-8-14,12-9-14)13-5-2-1-3-6-13/h1-3,5-6,16H,4,7-12H2/q+1. The third kappa shape index (κ3) is 1.57. The molecule has 1 N–H and O–H groups in total. The van der Waals surface area contributed by atoms with Crippen LogP contribution in [0.25, 0.3) is 0 Å². The maximum atomic E-state index is 10.3. The minimum Gasteiger partial charge on any atom is -0.389 e. The molecule has 3 saturated heterocycles. The summed E-state index contributed by atoms with van der Waals surface area (Å²) in [6.45, 7) is 3.42. The number of quaternary nitrogens is 1. The molecule has 86 valence electrons. The summed E-state index contributed by atoms with van der Waals surface area (Å²) in [6, 6.07) is 10.8. The first-order chi connectivity index (χ1) is 7.73. The van der Waals surface area contributed by atoms with Crippen molar-refractivity contribution in [3.8, 4) is 0 Å². The van der Waals surface area contributed by atoms with Crippen LogP contribution in [0.4, 0.5) is 5.69 Å². The number of benzene rings is 1. The van der Waals surface area contributed by atoms with Crippen LogP contribution >= 0.6 is 0 Å². The Labute approximate surface area is 97.1 Å². The minimum atomic E-state index is -0.340.